The molecule has 0 saturated carbocycles. The van der Waals surface area contributed by atoms with E-state index >= 15 is 0 Å². The number of oxazole rings is 1. The number of nitrogens with one attached hydrogen (secondary N) is 1. The Morgan fingerprint density at radius 2 is 2.08 bits per heavy atom. The Balaban J connectivity index is 1.83. The lowest BCUT2D eigenvalue weighted by Gasteiger charge is -2.04. The van der Waals surface area contributed by atoms with Gasteiger partial charge in [-0.3, -0.25) is 0 Å². The SMILES string of the molecule is COc1ccc(Br)cc1/C=N\Nc1oc(-c2ccccc2)nc1C#N. The van der Waals surface area contributed by atoms with Gasteiger partial charge in [0.25, 0.3) is 5.88 Å². The molecule has 3 rings (SSSR count). The first kappa shape index (κ1) is 16.7. The second-order valence-electron chi connectivity index (χ2n) is 4.93. The summed E-state index contributed by atoms with van der Waals surface area (Å²) in [5, 5.41) is 13.3. The average Bonchev–Trinajstić information content (AvgIpc) is 3.06. The maximum Gasteiger partial charge on any atom is 0.252 e. The number of benzene rings is 2. The molecule has 3 aromatic rings. The highest BCUT2D eigenvalue weighted by Crippen LogP contribution is 2.25. The molecule has 0 aliphatic carbocycles. The zero-order chi connectivity index (χ0) is 17.6. The lowest BCUT2D eigenvalue weighted by Crippen LogP contribution is -1.94. The Morgan fingerprint density at radius 1 is 1.28 bits per heavy atom. The maximum atomic E-state index is 9.22. The summed E-state index contributed by atoms with van der Waals surface area (Å²) >= 11 is 3.41. The summed E-state index contributed by atoms with van der Waals surface area (Å²) in [4.78, 5) is 4.18. The van der Waals surface area contributed by atoms with Gasteiger partial charge in [0.05, 0.1) is 13.3 Å². The zero-order valence-electron chi connectivity index (χ0n) is 13.2. The molecule has 1 N–H and O–H groups in total. The highest BCUT2D eigenvalue weighted by Gasteiger charge is 2.13. The van der Waals surface area contributed by atoms with Gasteiger partial charge in [-0.05, 0) is 30.3 Å². The number of rotatable bonds is 5. The molecule has 0 atom stereocenters. The Bertz CT molecular complexity index is 945. The van der Waals surface area contributed by atoms with Gasteiger partial charge in [0.1, 0.15) is 11.8 Å². The second-order valence-corrected chi connectivity index (χ2v) is 5.85. The molecule has 124 valence electrons. The molecule has 0 aliphatic heterocycles. The third kappa shape index (κ3) is 3.87. The summed E-state index contributed by atoms with van der Waals surface area (Å²) in [5.41, 5.74) is 4.41. The van der Waals surface area contributed by atoms with Crippen LogP contribution in [0.1, 0.15) is 11.3 Å². The van der Waals surface area contributed by atoms with E-state index in [0.717, 1.165) is 15.6 Å². The van der Waals surface area contributed by atoms with Gasteiger partial charge in [0.2, 0.25) is 11.6 Å². The fourth-order valence-corrected chi connectivity index (χ4v) is 2.52. The number of nitrogens with zero attached hydrogens (tertiary/aromatic N) is 3. The molecule has 0 saturated heterocycles. The minimum atomic E-state index is 0.136. The van der Waals surface area contributed by atoms with Crippen LogP contribution in [0.4, 0.5) is 5.88 Å². The van der Waals surface area contributed by atoms with Gasteiger partial charge < -0.3 is 9.15 Å². The van der Waals surface area contributed by atoms with E-state index in [9.17, 15) is 5.26 Å². The summed E-state index contributed by atoms with van der Waals surface area (Å²) in [6, 6.07) is 16.9. The summed E-state index contributed by atoms with van der Waals surface area (Å²) in [6.45, 7) is 0. The zero-order valence-corrected chi connectivity index (χ0v) is 14.8. The smallest absolute Gasteiger partial charge is 0.252 e. The number of aromatic nitrogens is 1. The van der Waals surface area contributed by atoms with Crippen LogP contribution in [-0.4, -0.2) is 18.3 Å². The molecule has 1 heterocycles. The lowest BCUT2D eigenvalue weighted by atomic mass is 10.2. The number of anilines is 1. The number of methoxy groups -OCH3 is 1. The van der Waals surface area contributed by atoms with Gasteiger partial charge in [-0.25, -0.2) is 5.43 Å². The number of hydrogen-bond donors (Lipinski definition) is 1. The van der Waals surface area contributed by atoms with Gasteiger partial charge >= 0.3 is 0 Å². The predicted molar refractivity (Wildman–Crippen MR) is 98.6 cm³/mol. The molecule has 0 radical (unpaired) electrons. The van der Waals surface area contributed by atoms with Gasteiger partial charge in [-0.15, -0.1) is 0 Å². The number of hydrazone groups is 1. The molecule has 1 aromatic heterocycles. The van der Waals surface area contributed by atoms with Crippen molar-refractivity contribution in [1.82, 2.24) is 4.98 Å². The van der Waals surface area contributed by atoms with Gasteiger partial charge in [-0.2, -0.15) is 15.3 Å². The molecular weight excluding hydrogens is 384 g/mol. The van der Waals surface area contributed by atoms with Crippen molar-refractivity contribution in [3.63, 3.8) is 0 Å². The Labute approximate surface area is 152 Å². The van der Waals surface area contributed by atoms with Crippen LogP contribution < -0.4 is 10.2 Å². The van der Waals surface area contributed by atoms with Crippen molar-refractivity contribution in [3.8, 4) is 23.3 Å². The van der Waals surface area contributed by atoms with Crippen LogP contribution in [0.5, 0.6) is 5.75 Å². The van der Waals surface area contributed by atoms with Gasteiger partial charge in [0, 0.05) is 15.6 Å². The minimum Gasteiger partial charge on any atom is -0.496 e. The first-order valence-electron chi connectivity index (χ1n) is 7.30. The molecule has 0 fully saturated rings. The topological polar surface area (TPSA) is 83.4 Å². The van der Waals surface area contributed by atoms with E-state index in [1.54, 1.807) is 13.3 Å². The van der Waals surface area contributed by atoms with Crippen LogP contribution in [0.15, 0.2) is 62.5 Å². The Morgan fingerprint density at radius 3 is 2.80 bits per heavy atom. The molecule has 2 aromatic carbocycles. The monoisotopic (exact) mass is 396 g/mol. The lowest BCUT2D eigenvalue weighted by molar-refractivity contribution is 0.414. The molecule has 0 aliphatic rings. The van der Waals surface area contributed by atoms with Gasteiger partial charge in [-0.1, -0.05) is 34.1 Å². The van der Waals surface area contributed by atoms with Crippen LogP contribution in [0, 0.1) is 11.3 Å². The van der Waals surface area contributed by atoms with Crippen molar-refractivity contribution in [2.75, 3.05) is 12.5 Å². The summed E-state index contributed by atoms with van der Waals surface area (Å²) < 4.78 is 11.8. The molecule has 0 spiro atoms. The minimum absolute atomic E-state index is 0.136. The van der Waals surface area contributed by atoms with Crippen molar-refractivity contribution in [3.05, 3.63) is 64.3 Å². The summed E-state index contributed by atoms with van der Waals surface area (Å²) in [5.74, 6) is 1.22. The molecule has 6 nitrogen and oxygen atoms in total. The van der Waals surface area contributed by atoms with Gasteiger partial charge in [0.15, 0.2) is 0 Å². The largest absolute Gasteiger partial charge is 0.496 e. The van der Waals surface area contributed by atoms with E-state index in [1.807, 2.05) is 54.6 Å². The summed E-state index contributed by atoms with van der Waals surface area (Å²) in [6.07, 6.45) is 1.58. The van der Waals surface area contributed by atoms with E-state index in [-0.39, 0.29) is 11.6 Å². The number of hydrogen-bond acceptors (Lipinski definition) is 6. The van der Waals surface area contributed by atoms with Crippen LogP contribution in [0.2, 0.25) is 0 Å². The Kier molecular flexibility index (Phi) is 5.11. The number of ether oxygens (including phenoxy) is 1. The molecule has 0 bridgehead atoms. The van der Waals surface area contributed by atoms with E-state index < -0.39 is 0 Å². The second kappa shape index (κ2) is 7.64. The maximum absolute atomic E-state index is 9.22. The van der Waals surface area contributed by atoms with Crippen molar-refractivity contribution >= 4 is 28.0 Å². The molecule has 25 heavy (non-hydrogen) atoms. The highest BCUT2D eigenvalue weighted by molar-refractivity contribution is 9.10. The highest BCUT2D eigenvalue weighted by atomic mass is 79.9. The van der Waals surface area contributed by atoms with Crippen LogP contribution >= 0.6 is 15.9 Å². The first-order chi connectivity index (χ1) is 12.2. The van der Waals surface area contributed by atoms with Crippen LogP contribution in [0.3, 0.4) is 0 Å². The Hall–Kier alpha value is -3.11. The molecular formula is C18H13BrN4O2. The van der Waals surface area contributed by atoms with Crippen molar-refractivity contribution < 1.29 is 9.15 Å². The molecule has 7 heteroatoms. The third-order valence-electron chi connectivity index (χ3n) is 3.32. The van der Waals surface area contributed by atoms with Crippen LogP contribution in [-0.2, 0) is 0 Å². The molecule has 0 unspecified atom stereocenters. The van der Waals surface area contributed by atoms with E-state index in [1.165, 1.54) is 0 Å². The van der Waals surface area contributed by atoms with Crippen LogP contribution in [0.25, 0.3) is 11.5 Å². The summed E-state index contributed by atoms with van der Waals surface area (Å²) in [7, 11) is 1.59. The third-order valence-corrected chi connectivity index (χ3v) is 3.81. The fraction of sp³-hybridized carbons (Fsp3) is 0.0556. The average molecular weight is 397 g/mol. The fourth-order valence-electron chi connectivity index (χ4n) is 2.14. The normalized spacial score (nSPS) is 10.6. The van der Waals surface area contributed by atoms with Crippen molar-refractivity contribution in [2.45, 2.75) is 0 Å². The first-order valence-corrected chi connectivity index (χ1v) is 8.09. The molecule has 0 amide bonds. The van der Waals surface area contributed by atoms with Crippen molar-refractivity contribution in [1.29, 1.82) is 5.26 Å². The number of nitriles is 1. The van der Waals surface area contributed by atoms with Crippen molar-refractivity contribution in [2.24, 2.45) is 5.10 Å². The quantitative estimate of drug-likeness (QED) is 0.509. The van der Waals surface area contributed by atoms with E-state index in [0.29, 0.717) is 11.6 Å². The predicted octanol–water partition coefficient (Wildman–Crippen LogP) is 4.43. The number of halogens is 1. The standard InChI is InChI=1S/C18H13BrN4O2/c1-24-16-8-7-14(19)9-13(16)11-21-23-18-15(10-20)22-17(25-18)12-5-3-2-4-6-12/h2-9,11,23H,1H3/b21-11-. The van der Waals surface area contributed by atoms with E-state index in [2.05, 4.69) is 31.4 Å². The van der Waals surface area contributed by atoms with E-state index in [4.69, 9.17) is 9.15 Å².